The minimum absolute atomic E-state index is 0.305. The van der Waals surface area contributed by atoms with Gasteiger partial charge in [0.15, 0.2) is 0 Å². The van der Waals surface area contributed by atoms with Gasteiger partial charge in [0.05, 0.1) is 0 Å². The van der Waals surface area contributed by atoms with Crippen LogP contribution in [0.25, 0.3) is 17.5 Å². The number of nitrogens with zero attached hydrogens (tertiary/aromatic N) is 3. The summed E-state index contributed by atoms with van der Waals surface area (Å²) in [5.41, 5.74) is 1.58. The zero-order chi connectivity index (χ0) is 19.6. The fraction of sp³-hybridized carbons (Fsp3) is 0.200. The van der Waals surface area contributed by atoms with Crippen LogP contribution in [0.5, 0.6) is 0 Å². The summed E-state index contributed by atoms with van der Waals surface area (Å²) >= 11 is 5.91. The number of halogens is 1. The van der Waals surface area contributed by atoms with E-state index in [9.17, 15) is 8.42 Å². The van der Waals surface area contributed by atoms with Gasteiger partial charge in [0.25, 0.3) is 0 Å². The minimum Gasteiger partial charge on any atom is -0.337 e. The highest BCUT2D eigenvalue weighted by atomic mass is 35.5. The van der Waals surface area contributed by atoms with Crippen molar-refractivity contribution in [2.24, 2.45) is 0 Å². The Morgan fingerprint density at radius 2 is 1.86 bits per heavy atom. The molecule has 8 heteroatoms. The Hall–Kier alpha value is -2.48. The van der Waals surface area contributed by atoms with Crippen molar-refractivity contribution in [3.8, 4) is 11.4 Å². The molecule has 144 valence electrons. The molecule has 0 spiro atoms. The molecule has 0 radical (unpaired) electrons. The van der Waals surface area contributed by atoms with Gasteiger partial charge in [0.2, 0.25) is 21.7 Å². The van der Waals surface area contributed by atoms with E-state index in [0.717, 1.165) is 17.5 Å². The van der Waals surface area contributed by atoms with Crippen LogP contribution in [0.1, 0.15) is 30.3 Å². The topological polar surface area (TPSA) is 76.3 Å². The standard InChI is InChI=1S/C20H18ClN3O3S/c21-17-10-8-16(9-11-17)19-22-20(27-23-19)18-7-4-13-24(18)28(25,26)14-12-15-5-2-1-3-6-15/h1-3,5-6,8-12,14,18H,4,7,13H2/b14-12+. The van der Waals surface area contributed by atoms with Crippen LogP contribution < -0.4 is 0 Å². The Morgan fingerprint density at radius 1 is 1.11 bits per heavy atom. The third-order valence-electron chi connectivity index (χ3n) is 4.59. The molecule has 1 aromatic heterocycles. The molecule has 1 aliphatic rings. The molecule has 3 aromatic rings. The fourth-order valence-electron chi connectivity index (χ4n) is 3.19. The van der Waals surface area contributed by atoms with Gasteiger partial charge in [-0.1, -0.05) is 47.1 Å². The molecule has 0 amide bonds. The Labute approximate surface area is 168 Å². The summed E-state index contributed by atoms with van der Waals surface area (Å²) in [6, 6.07) is 15.9. The van der Waals surface area contributed by atoms with Crippen molar-refractivity contribution in [1.29, 1.82) is 0 Å². The van der Waals surface area contributed by atoms with Gasteiger partial charge in [-0.3, -0.25) is 0 Å². The van der Waals surface area contributed by atoms with Gasteiger partial charge >= 0.3 is 0 Å². The zero-order valence-electron chi connectivity index (χ0n) is 14.9. The highest BCUT2D eigenvalue weighted by Gasteiger charge is 2.37. The van der Waals surface area contributed by atoms with Crippen LogP contribution in [0.4, 0.5) is 0 Å². The van der Waals surface area contributed by atoms with Crippen LogP contribution in [0.2, 0.25) is 5.02 Å². The van der Waals surface area contributed by atoms with Gasteiger partial charge < -0.3 is 4.52 Å². The third kappa shape index (κ3) is 4.01. The van der Waals surface area contributed by atoms with Crippen LogP contribution in [-0.4, -0.2) is 29.4 Å². The van der Waals surface area contributed by atoms with Crippen LogP contribution in [-0.2, 0) is 10.0 Å². The molecule has 0 N–H and O–H groups in total. The molecule has 1 aliphatic heterocycles. The minimum atomic E-state index is -3.61. The zero-order valence-corrected chi connectivity index (χ0v) is 16.5. The normalized spacial score (nSPS) is 18.1. The van der Waals surface area contributed by atoms with E-state index in [1.54, 1.807) is 30.3 Å². The average molecular weight is 416 g/mol. The maximum absolute atomic E-state index is 12.8. The molecule has 6 nitrogen and oxygen atoms in total. The first-order valence-electron chi connectivity index (χ1n) is 8.87. The average Bonchev–Trinajstić information content (AvgIpc) is 3.37. The number of benzene rings is 2. The molecule has 28 heavy (non-hydrogen) atoms. The lowest BCUT2D eigenvalue weighted by molar-refractivity contribution is 0.292. The van der Waals surface area contributed by atoms with Crippen molar-refractivity contribution in [2.75, 3.05) is 6.54 Å². The third-order valence-corrected chi connectivity index (χ3v) is 6.41. The molecule has 1 saturated heterocycles. The summed E-state index contributed by atoms with van der Waals surface area (Å²) in [4.78, 5) is 4.42. The second-order valence-electron chi connectivity index (χ2n) is 6.49. The van der Waals surface area contributed by atoms with E-state index >= 15 is 0 Å². The predicted molar refractivity (Wildman–Crippen MR) is 108 cm³/mol. The number of hydrogen-bond donors (Lipinski definition) is 0. The molecule has 1 atom stereocenters. The first kappa shape index (κ1) is 18.9. The summed E-state index contributed by atoms with van der Waals surface area (Å²) < 4.78 is 32.5. The van der Waals surface area contributed by atoms with Crippen LogP contribution >= 0.6 is 11.6 Å². The van der Waals surface area contributed by atoms with Crippen molar-refractivity contribution < 1.29 is 12.9 Å². The Kier molecular flexibility index (Phi) is 5.30. The molecular weight excluding hydrogens is 398 g/mol. The SMILES string of the molecule is O=S(=O)(/C=C/c1ccccc1)N1CCCC1c1nc(-c2ccc(Cl)cc2)no1. The van der Waals surface area contributed by atoms with Crippen molar-refractivity contribution in [2.45, 2.75) is 18.9 Å². The number of aromatic nitrogens is 2. The quantitative estimate of drug-likeness (QED) is 0.612. The largest absolute Gasteiger partial charge is 0.337 e. The van der Waals surface area contributed by atoms with Crippen LogP contribution in [0.3, 0.4) is 0 Å². The summed E-state index contributed by atoms with van der Waals surface area (Å²) in [7, 11) is -3.61. The molecule has 1 fully saturated rings. The van der Waals surface area contributed by atoms with Crippen molar-refractivity contribution in [3.63, 3.8) is 0 Å². The van der Waals surface area contributed by atoms with E-state index in [4.69, 9.17) is 16.1 Å². The summed E-state index contributed by atoms with van der Waals surface area (Å²) in [6.07, 6.45) is 2.97. The Balaban J connectivity index is 1.57. The van der Waals surface area contributed by atoms with E-state index < -0.39 is 16.1 Å². The highest BCUT2D eigenvalue weighted by molar-refractivity contribution is 7.92. The molecular formula is C20H18ClN3O3S. The van der Waals surface area contributed by atoms with Crippen LogP contribution in [0, 0.1) is 0 Å². The molecule has 4 rings (SSSR count). The van der Waals surface area contributed by atoms with Gasteiger partial charge in [-0.15, -0.1) is 0 Å². The van der Waals surface area contributed by atoms with E-state index in [0.29, 0.717) is 29.7 Å². The molecule has 0 bridgehead atoms. The number of sulfonamides is 1. The van der Waals surface area contributed by atoms with Gasteiger partial charge in [-0.2, -0.15) is 9.29 Å². The smallest absolute Gasteiger partial charge is 0.245 e. The van der Waals surface area contributed by atoms with E-state index in [1.807, 2.05) is 30.3 Å². The van der Waals surface area contributed by atoms with E-state index in [-0.39, 0.29) is 0 Å². The number of rotatable bonds is 5. The Morgan fingerprint density at radius 3 is 2.61 bits per heavy atom. The monoisotopic (exact) mass is 415 g/mol. The predicted octanol–water partition coefficient (Wildman–Crippen LogP) is 4.53. The molecule has 1 unspecified atom stereocenters. The maximum Gasteiger partial charge on any atom is 0.245 e. The fourth-order valence-corrected chi connectivity index (χ4v) is 4.73. The van der Waals surface area contributed by atoms with Gasteiger partial charge in [0, 0.05) is 22.5 Å². The lowest BCUT2D eigenvalue weighted by Crippen LogP contribution is -2.29. The first-order valence-corrected chi connectivity index (χ1v) is 10.8. The van der Waals surface area contributed by atoms with Crippen molar-refractivity contribution >= 4 is 27.7 Å². The van der Waals surface area contributed by atoms with Crippen molar-refractivity contribution in [1.82, 2.24) is 14.4 Å². The second-order valence-corrected chi connectivity index (χ2v) is 8.70. The summed E-state index contributed by atoms with van der Waals surface area (Å²) in [5, 5.41) is 5.85. The summed E-state index contributed by atoms with van der Waals surface area (Å²) in [5.74, 6) is 0.717. The van der Waals surface area contributed by atoms with E-state index in [1.165, 1.54) is 9.71 Å². The lowest BCUT2D eigenvalue weighted by Gasteiger charge is -2.19. The summed E-state index contributed by atoms with van der Waals surface area (Å²) in [6.45, 7) is 0.421. The Bertz CT molecular complexity index is 1080. The molecule has 0 aliphatic carbocycles. The second kappa shape index (κ2) is 7.87. The molecule has 2 aromatic carbocycles. The first-order chi connectivity index (χ1) is 13.5. The highest BCUT2D eigenvalue weighted by Crippen LogP contribution is 2.35. The van der Waals surface area contributed by atoms with Crippen molar-refractivity contribution in [3.05, 3.63) is 76.5 Å². The van der Waals surface area contributed by atoms with Gasteiger partial charge in [-0.05, 0) is 48.7 Å². The number of hydrogen-bond acceptors (Lipinski definition) is 5. The van der Waals surface area contributed by atoms with E-state index in [2.05, 4.69) is 10.1 Å². The van der Waals surface area contributed by atoms with Gasteiger partial charge in [-0.25, -0.2) is 8.42 Å². The molecule has 0 saturated carbocycles. The van der Waals surface area contributed by atoms with Gasteiger partial charge in [0.1, 0.15) is 6.04 Å². The lowest BCUT2D eigenvalue weighted by atomic mass is 10.2. The van der Waals surface area contributed by atoms with Crippen LogP contribution in [0.15, 0.2) is 64.5 Å². The molecule has 2 heterocycles. The maximum atomic E-state index is 12.8.